The monoisotopic (exact) mass is 296 g/mol. The number of non-ortho nitro benzene ring substituents is 1. The van der Waals surface area contributed by atoms with Crippen LogP contribution in [0.1, 0.15) is 26.2 Å². The fourth-order valence-electron chi connectivity index (χ4n) is 2.77. The molecule has 1 aliphatic carbocycles. The van der Waals surface area contributed by atoms with Gasteiger partial charge in [0.1, 0.15) is 0 Å². The van der Waals surface area contributed by atoms with E-state index in [-0.39, 0.29) is 17.0 Å². The number of rotatable bonds is 4. The van der Waals surface area contributed by atoms with E-state index < -0.39 is 15.7 Å². The Bertz CT molecular complexity index is 504. The van der Waals surface area contributed by atoms with Gasteiger partial charge < -0.3 is 5.32 Å². The number of nitro groups is 1. The van der Waals surface area contributed by atoms with Crippen molar-refractivity contribution in [1.82, 2.24) is 5.32 Å². The summed E-state index contributed by atoms with van der Waals surface area (Å²) < 4.78 is 12.7. The number of nitrogens with zero attached hydrogens (tertiary/aromatic N) is 1. The normalized spacial score (nSPS) is 28.0. The zero-order valence-electron chi connectivity index (χ0n) is 11.7. The maximum Gasteiger partial charge on any atom is 0.269 e. The maximum absolute atomic E-state index is 12.7. The Labute approximate surface area is 121 Å². The molecule has 0 saturated heterocycles. The van der Waals surface area contributed by atoms with Crippen LogP contribution < -0.4 is 5.32 Å². The van der Waals surface area contributed by atoms with Gasteiger partial charge in [-0.1, -0.05) is 6.92 Å². The molecule has 110 valence electrons. The molecule has 20 heavy (non-hydrogen) atoms. The van der Waals surface area contributed by atoms with Crippen molar-refractivity contribution in [2.45, 2.75) is 42.4 Å². The molecule has 6 heteroatoms. The van der Waals surface area contributed by atoms with Crippen molar-refractivity contribution >= 4 is 16.5 Å². The zero-order chi connectivity index (χ0) is 14.7. The first-order chi connectivity index (χ1) is 9.52. The minimum Gasteiger partial charge on any atom is -0.316 e. The van der Waals surface area contributed by atoms with Gasteiger partial charge in [0.15, 0.2) is 0 Å². The Morgan fingerprint density at radius 2 is 1.95 bits per heavy atom. The van der Waals surface area contributed by atoms with Gasteiger partial charge in [0.2, 0.25) is 0 Å². The van der Waals surface area contributed by atoms with Crippen LogP contribution in [0.2, 0.25) is 0 Å². The molecule has 2 rings (SSSR count). The van der Waals surface area contributed by atoms with E-state index in [1.165, 1.54) is 12.1 Å². The lowest BCUT2D eigenvalue weighted by atomic mass is 9.87. The molecular weight excluding hydrogens is 276 g/mol. The molecule has 1 N–H and O–H groups in total. The number of benzene rings is 1. The molecular formula is C14H20N2O3S. The molecule has 0 radical (unpaired) electrons. The van der Waals surface area contributed by atoms with E-state index in [1.807, 2.05) is 7.05 Å². The van der Waals surface area contributed by atoms with Gasteiger partial charge in [-0.25, -0.2) is 0 Å². The minimum absolute atomic E-state index is 0.0351. The van der Waals surface area contributed by atoms with Crippen molar-refractivity contribution in [1.29, 1.82) is 0 Å². The molecule has 1 fully saturated rings. The van der Waals surface area contributed by atoms with E-state index >= 15 is 0 Å². The summed E-state index contributed by atoms with van der Waals surface area (Å²) in [5.41, 5.74) is 0.0351. The predicted octanol–water partition coefficient (Wildman–Crippen LogP) is 2.48. The Balaban J connectivity index is 2.18. The van der Waals surface area contributed by atoms with Crippen molar-refractivity contribution in [3.05, 3.63) is 34.4 Å². The highest BCUT2D eigenvalue weighted by Crippen LogP contribution is 2.30. The van der Waals surface area contributed by atoms with Gasteiger partial charge >= 0.3 is 0 Å². The van der Waals surface area contributed by atoms with E-state index in [4.69, 9.17) is 0 Å². The van der Waals surface area contributed by atoms with Crippen LogP contribution in [0.3, 0.4) is 0 Å². The summed E-state index contributed by atoms with van der Waals surface area (Å²) in [7, 11) is 0.776. The molecule has 0 aliphatic heterocycles. The van der Waals surface area contributed by atoms with Crippen LogP contribution in [-0.2, 0) is 10.8 Å². The molecule has 1 aromatic rings. The Morgan fingerprint density at radius 1 is 1.30 bits per heavy atom. The van der Waals surface area contributed by atoms with Gasteiger partial charge in [-0.2, -0.15) is 0 Å². The third-order valence-corrected chi connectivity index (χ3v) is 5.79. The van der Waals surface area contributed by atoms with E-state index in [9.17, 15) is 14.3 Å². The van der Waals surface area contributed by atoms with E-state index in [0.29, 0.717) is 10.8 Å². The third kappa shape index (κ3) is 3.24. The van der Waals surface area contributed by atoms with Crippen LogP contribution in [0.25, 0.3) is 0 Å². The molecule has 4 unspecified atom stereocenters. The Hall–Kier alpha value is -1.27. The SMILES string of the molecule is CNC1CCC(C)CC1S(=O)c1ccc([N+](=O)[O-])cc1. The lowest BCUT2D eigenvalue weighted by Crippen LogP contribution is -2.44. The molecule has 4 atom stereocenters. The highest BCUT2D eigenvalue weighted by molar-refractivity contribution is 7.85. The summed E-state index contributed by atoms with van der Waals surface area (Å²) in [4.78, 5) is 10.9. The molecule has 0 spiro atoms. The van der Waals surface area contributed by atoms with Gasteiger partial charge in [-0.3, -0.25) is 14.3 Å². The topological polar surface area (TPSA) is 72.2 Å². The average Bonchev–Trinajstić information content (AvgIpc) is 2.46. The summed E-state index contributed by atoms with van der Waals surface area (Å²) in [5, 5.41) is 14.0. The standard InChI is InChI=1S/C14H20N2O3S/c1-10-3-8-13(15-2)14(9-10)20(19)12-6-4-11(5-7-12)16(17)18/h4-7,10,13-15H,3,8-9H2,1-2H3. The lowest BCUT2D eigenvalue weighted by molar-refractivity contribution is -0.384. The van der Waals surface area contributed by atoms with Gasteiger partial charge in [-0.15, -0.1) is 0 Å². The molecule has 0 aromatic heterocycles. The minimum atomic E-state index is -1.13. The summed E-state index contributed by atoms with van der Waals surface area (Å²) in [6.07, 6.45) is 3.11. The highest BCUT2D eigenvalue weighted by Gasteiger charge is 2.32. The molecule has 5 nitrogen and oxygen atoms in total. The van der Waals surface area contributed by atoms with Crippen LogP contribution in [0.4, 0.5) is 5.69 Å². The molecule has 1 aliphatic rings. The molecule has 1 saturated carbocycles. The first-order valence-corrected chi connectivity index (χ1v) is 8.06. The fraction of sp³-hybridized carbons (Fsp3) is 0.571. The van der Waals surface area contributed by atoms with Crippen molar-refractivity contribution in [2.24, 2.45) is 5.92 Å². The van der Waals surface area contributed by atoms with E-state index in [0.717, 1.165) is 19.3 Å². The van der Waals surface area contributed by atoms with Gasteiger partial charge in [0.05, 0.1) is 21.0 Å². The smallest absolute Gasteiger partial charge is 0.269 e. The number of hydrogen-bond acceptors (Lipinski definition) is 4. The summed E-state index contributed by atoms with van der Waals surface area (Å²) in [6.45, 7) is 2.19. The summed E-state index contributed by atoms with van der Waals surface area (Å²) in [5.74, 6) is 0.576. The van der Waals surface area contributed by atoms with Gasteiger partial charge in [0.25, 0.3) is 5.69 Å². The van der Waals surface area contributed by atoms with Gasteiger partial charge in [0, 0.05) is 23.1 Å². The van der Waals surface area contributed by atoms with Crippen LogP contribution >= 0.6 is 0 Å². The van der Waals surface area contributed by atoms with Crippen LogP contribution in [0.15, 0.2) is 29.2 Å². The average molecular weight is 296 g/mol. The summed E-state index contributed by atoms with van der Waals surface area (Å²) >= 11 is 0. The fourth-order valence-corrected chi connectivity index (χ4v) is 4.60. The number of nitro benzene ring substituents is 1. The van der Waals surface area contributed by atoms with Crippen molar-refractivity contribution in [3.63, 3.8) is 0 Å². The lowest BCUT2D eigenvalue weighted by Gasteiger charge is -2.34. The Kier molecular flexibility index (Phi) is 4.88. The van der Waals surface area contributed by atoms with Crippen molar-refractivity contribution in [2.75, 3.05) is 7.05 Å². The number of hydrogen-bond donors (Lipinski definition) is 1. The molecule has 0 bridgehead atoms. The van der Waals surface area contributed by atoms with E-state index in [2.05, 4.69) is 12.2 Å². The third-order valence-electron chi connectivity index (χ3n) is 3.98. The molecule has 0 amide bonds. The molecule has 1 aromatic carbocycles. The first kappa shape index (κ1) is 15.1. The van der Waals surface area contributed by atoms with Gasteiger partial charge in [-0.05, 0) is 44.4 Å². The highest BCUT2D eigenvalue weighted by atomic mass is 32.2. The van der Waals surface area contributed by atoms with Crippen LogP contribution in [0.5, 0.6) is 0 Å². The Morgan fingerprint density at radius 3 is 2.50 bits per heavy atom. The van der Waals surface area contributed by atoms with Crippen LogP contribution in [0, 0.1) is 16.0 Å². The molecule has 0 heterocycles. The quantitative estimate of drug-likeness (QED) is 0.684. The zero-order valence-corrected chi connectivity index (χ0v) is 12.6. The largest absolute Gasteiger partial charge is 0.316 e. The first-order valence-electron chi connectivity index (χ1n) is 6.85. The predicted molar refractivity (Wildman–Crippen MR) is 79.2 cm³/mol. The number of nitrogens with one attached hydrogen (secondary N) is 1. The van der Waals surface area contributed by atoms with E-state index in [1.54, 1.807) is 12.1 Å². The van der Waals surface area contributed by atoms with Crippen molar-refractivity contribution in [3.8, 4) is 0 Å². The second-order valence-corrected chi connectivity index (χ2v) is 7.07. The maximum atomic E-state index is 12.7. The summed E-state index contributed by atoms with van der Waals surface area (Å²) in [6, 6.07) is 6.32. The van der Waals surface area contributed by atoms with Crippen molar-refractivity contribution < 1.29 is 9.13 Å². The second kappa shape index (κ2) is 6.45. The van der Waals surface area contributed by atoms with Crippen LogP contribution in [-0.4, -0.2) is 27.5 Å². The second-order valence-electron chi connectivity index (χ2n) is 5.40.